The lowest BCUT2D eigenvalue weighted by atomic mass is 10.1. The molecule has 0 saturated carbocycles. The number of carbonyl (C=O) groups is 1. The number of ether oxygens (including phenoxy) is 1. The number of hydrogen-bond acceptors (Lipinski definition) is 2. The molecule has 1 aromatic carbocycles. The van der Waals surface area contributed by atoms with Gasteiger partial charge in [0.2, 0.25) is 0 Å². The van der Waals surface area contributed by atoms with Crippen LogP contribution in [0.5, 0.6) is 0 Å². The second-order valence-corrected chi connectivity index (χ2v) is 4.43. The molecule has 0 aromatic heterocycles. The van der Waals surface area contributed by atoms with Crippen molar-refractivity contribution in [1.82, 2.24) is 0 Å². The molecule has 0 aliphatic carbocycles. The van der Waals surface area contributed by atoms with Crippen LogP contribution in [0.4, 0.5) is 0 Å². The zero-order chi connectivity index (χ0) is 14.6. The van der Waals surface area contributed by atoms with Crippen LogP contribution in [0.15, 0.2) is 30.3 Å². The van der Waals surface area contributed by atoms with Gasteiger partial charge in [-0.1, -0.05) is 56.0 Å². The number of benzene rings is 1. The van der Waals surface area contributed by atoms with Crippen LogP contribution in [0.25, 0.3) is 0 Å². The van der Waals surface area contributed by atoms with Gasteiger partial charge in [-0.3, -0.25) is 4.79 Å². The van der Waals surface area contributed by atoms with Crippen molar-refractivity contribution in [1.29, 1.82) is 0 Å². The standard InChI is InChI=1S/C18H20O2/c1-3-4-5-6-7-8-12-15-18(20-16(2)19)17-13-10-9-11-14-17/h9-11,13-14,18H,3-6H2,1-2H3. The fourth-order valence-corrected chi connectivity index (χ4v) is 1.65. The quantitative estimate of drug-likeness (QED) is 0.460. The van der Waals surface area contributed by atoms with E-state index >= 15 is 0 Å². The Balaban J connectivity index is 2.65. The molecule has 2 nitrogen and oxygen atoms in total. The third kappa shape index (κ3) is 6.66. The lowest BCUT2D eigenvalue weighted by molar-refractivity contribution is -0.144. The largest absolute Gasteiger partial charge is 0.444 e. The summed E-state index contributed by atoms with van der Waals surface area (Å²) in [6.45, 7) is 3.55. The van der Waals surface area contributed by atoms with Crippen molar-refractivity contribution in [3.63, 3.8) is 0 Å². The van der Waals surface area contributed by atoms with Gasteiger partial charge in [-0.2, -0.15) is 0 Å². The number of esters is 1. The van der Waals surface area contributed by atoms with Crippen molar-refractivity contribution in [2.75, 3.05) is 0 Å². The summed E-state index contributed by atoms with van der Waals surface area (Å²) >= 11 is 0. The molecule has 0 fully saturated rings. The Kier molecular flexibility index (Phi) is 7.70. The first-order chi connectivity index (χ1) is 9.74. The smallest absolute Gasteiger partial charge is 0.304 e. The number of hydrogen-bond donors (Lipinski definition) is 0. The predicted octanol–water partition coefficient (Wildman–Crippen LogP) is 3.88. The van der Waals surface area contributed by atoms with Crippen LogP contribution < -0.4 is 0 Å². The summed E-state index contributed by atoms with van der Waals surface area (Å²) < 4.78 is 5.20. The monoisotopic (exact) mass is 268 g/mol. The van der Waals surface area contributed by atoms with E-state index in [-0.39, 0.29) is 5.97 Å². The minimum atomic E-state index is -0.543. The van der Waals surface area contributed by atoms with Gasteiger partial charge in [0.05, 0.1) is 0 Å². The maximum Gasteiger partial charge on any atom is 0.304 e. The van der Waals surface area contributed by atoms with Crippen LogP contribution in [0.1, 0.15) is 51.2 Å². The zero-order valence-electron chi connectivity index (χ0n) is 12.1. The Bertz CT molecular complexity index is 523. The van der Waals surface area contributed by atoms with Gasteiger partial charge in [-0.05, 0) is 24.2 Å². The average molecular weight is 268 g/mol. The molecule has 1 rings (SSSR count). The third-order valence-electron chi connectivity index (χ3n) is 2.65. The van der Waals surface area contributed by atoms with Gasteiger partial charge in [0.15, 0.2) is 6.10 Å². The van der Waals surface area contributed by atoms with E-state index in [1.165, 1.54) is 19.8 Å². The summed E-state index contributed by atoms with van der Waals surface area (Å²) in [6, 6.07) is 9.47. The summed E-state index contributed by atoms with van der Waals surface area (Å²) in [6.07, 6.45) is 3.82. The SMILES string of the molecule is CCCCCC#CC#CC(OC(C)=O)c1ccccc1. The highest BCUT2D eigenvalue weighted by molar-refractivity contribution is 5.66. The number of rotatable bonds is 5. The summed E-state index contributed by atoms with van der Waals surface area (Å²) in [7, 11) is 0. The van der Waals surface area contributed by atoms with Crippen LogP contribution in [-0.4, -0.2) is 5.97 Å². The fraction of sp³-hybridized carbons (Fsp3) is 0.389. The second-order valence-electron chi connectivity index (χ2n) is 4.43. The maximum atomic E-state index is 11.1. The summed E-state index contributed by atoms with van der Waals surface area (Å²) in [5.74, 6) is 11.2. The molecule has 1 aromatic rings. The Morgan fingerprint density at radius 2 is 1.95 bits per heavy atom. The molecule has 1 atom stereocenters. The molecule has 0 spiro atoms. The van der Waals surface area contributed by atoms with E-state index in [0.717, 1.165) is 18.4 Å². The zero-order valence-corrected chi connectivity index (χ0v) is 12.1. The van der Waals surface area contributed by atoms with Crippen molar-refractivity contribution in [3.8, 4) is 23.7 Å². The molecule has 0 saturated heterocycles. The van der Waals surface area contributed by atoms with Gasteiger partial charge in [0, 0.05) is 18.9 Å². The average Bonchev–Trinajstić information content (AvgIpc) is 2.45. The minimum absolute atomic E-state index is 0.343. The highest BCUT2D eigenvalue weighted by atomic mass is 16.5. The number of unbranched alkanes of at least 4 members (excludes halogenated alkanes) is 3. The van der Waals surface area contributed by atoms with Crippen LogP contribution in [0.3, 0.4) is 0 Å². The molecule has 2 heteroatoms. The van der Waals surface area contributed by atoms with Crippen LogP contribution in [-0.2, 0) is 9.53 Å². The summed E-state index contributed by atoms with van der Waals surface area (Å²) in [5.41, 5.74) is 0.864. The van der Waals surface area contributed by atoms with Crippen molar-refractivity contribution in [3.05, 3.63) is 35.9 Å². The minimum Gasteiger partial charge on any atom is -0.444 e. The normalized spacial score (nSPS) is 10.5. The Labute approximate surface area is 121 Å². The van der Waals surface area contributed by atoms with E-state index in [1.807, 2.05) is 30.3 Å². The Morgan fingerprint density at radius 3 is 2.60 bits per heavy atom. The highest BCUT2D eigenvalue weighted by Crippen LogP contribution is 2.15. The molecule has 1 unspecified atom stereocenters. The van der Waals surface area contributed by atoms with E-state index in [4.69, 9.17) is 4.74 Å². The maximum absolute atomic E-state index is 11.1. The van der Waals surface area contributed by atoms with Crippen molar-refractivity contribution >= 4 is 5.97 Å². The van der Waals surface area contributed by atoms with E-state index in [9.17, 15) is 4.79 Å². The second kappa shape index (κ2) is 9.70. The lowest BCUT2D eigenvalue weighted by Crippen LogP contribution is -2.06. The van der Waals surface area contributed by atoms with Gasteiger partial charge >= 0.3 is 5.97 Å². The van der Waals surface area contributed by atoms with Crippen LogP contribution >= 0.6 is 0 Å². The fourth-order valence-electron chi connectivity index (χ4n) is 1.65. The summed E-state index contributed by atoms with van der Waals surface area (Å²) in [4.78, 5) is 11.1. The molecule has 0 N–H and O–H groups in total. The Morgan fingerprint density at radius 1 is 1.20 bits per heavy atom. The molecule has 0 aliphatic rings. The molecule has 0 amide bonds. The van der Waals surface area contributed by atoms with Gasteiger partial charge < -0.3 is 4.74 Å². The van der Waals surface area contributed by atoms with Gasteiger partial charge in [-0.15, -0.1) is 0 Å². The molecular weight excluding hydrogens is 248 g/mol. The topological polar surface area (TPSA) is 26.3 Å². The molecule has 0 heterocycles. The third-order valence-corrected chi connectivity index (χ3v) is 2.65. The van der Waals surface area contributed by atoms with Crippen LogP contribution in [0, 0.1) is 23.7 Å². The van der Waals surface area contributed by atoms with Crippen molar-refractivity contribution in [2.24, 2.45) is 0 Å². The molecule has 0 bridgehead atoms. The van der Waals surface area contributed by atoms with Crippen molar-refractivity contribution in [2.45, 2.75) is 45.6 Å². The molecule has 20 heavy (non-hydrogen) atoms. The first kappa shape index (κ1) is 15.9. The van der Waals surface area contributed by atoms with Gasteiger partial charge in [0.1, 0.15) is 0 Å². The molecular formula is C18H20O2. The number of carbonyl (C=O) groups excluding carboxylic acids is 1. The molecule has 0 aliphatic heterocycles. The Hall–Kier alpha value is -2.19. The van der Waals surface area contributed by atoms with Crippen molar-refractivity contribution < 1.29 is 9.53 Å². The van der Waals surface area contributed by atoms with E-state index < -0.39 is 6.10 Å². The van der Waals surface area contributed by atoms with Gasteiger partial charge in [-0.25, -0.2) is 0 Å². The lowest BCUT2D eigenvalue weighted by Gasteiger charge is -2.10. The highest BCUT2D eigenvalue weighted by Gasteiger charge is 2.10. The van der Waals surface area contributed by atoms with E-state index in [2.05, 4.69) is 30.6 Å². The molecule has 104 valence electrons. The predicted molar refractivity (Wildman–Crippen MR) is 80.6 cm³/mol. The molecule has 0 radical (unpaired) electrons. The first-order valence-electron chi connectivity index (χ1n) is 6.94. The van der Waals surface area contributed by atoms with Gasteiger partial charge in [0.25, 0.3) is 0 Å². The first-order valence-corrected chi connectivity index (χ1v) is 6.94. The van der Waals surface area contributed by atoms with Crippen LogP contribution in [0.2, 0.25) is 0 Å². The van der Waals surface area contributed by atoms with E-state index in [1.54, 1.807) is 0 Å². The van der Waals surface area contributed by atoms with E-state index in [0.29, 0.717) is 0 Å². The summed E-state index contributed by atoms with van der Waals surface area (Å²) in [5, 5.41) is 0.